The normalized spacial score (nSPS) is 21.2. The van der Waals surface area contributed by atoms with Crippen molar-refractivity contribution in [3.8, 4) is 6.07 Å². The van der Waals surface area contributed by atoms with E-state index in [0.717, 1.165) is 6.42 Å². The number of rotatable bonds is 3. The van der Waals surface area contributed by atoms with Gasteiger partial charge in [-0.2, -0.15) is 5.26 Å². The molecule has 1 aliphatic carbocycles. The highest BCUT2D eigenvalue weighted by molar-refractivity contribution is 4.93. The lowest BCUT2D eigenvalue weighted by Crippen LogP contribution is -2.15. The van der Waals surface area contributed by atoms with Crippen LogP contribution in [0.2, 0.25) is 0 Å². The molecule has 0 amide bonds. The fourth-order valence-corrected chi connectivity index (χ4v) is 2.07. The van der Waals surface area contributed by atoms with Crippen LogP contribution in [0.3, 0.4) is 0 Å². The fourth-order valence-electron chi connectivity index (χ4n) is 2.07. The van der Waals surface area contributed by atoms with Crippen LogP contribution in [0.5, 0.6) is 0 Å². The molecule has 0 aromatic heterocycles. The first-order valence-electron chi connectivity index (χ1n) is 4.89. The molecule has 0 spiro atoms. The Kier molecular flexibility index (Phi) is 3.87. The topological polar surface area (TPSA) is 23.8 Å². The molecule has 1 fully saturated rings. The second-order valence-corrected chi connectivity index (χ2v) is 3.66. The van der Waals surface area contributed by atoms with E-state index < -0.39 is 0 Å². The number of hydrogen-bond acceptors (Lipinski definition) is 1. The third-order valence-electron chi connectivity index (χ3n) is 2.81. The molecule has 1 aliphatic rings. The van der Waals surface area contributed by atoms with Crippen LogP contribution < -0.4 is 0 Å². The maximum atomic E-state index is 8.91. The molecule has 1 heteroatoms. The minimum atomic E-state index is 0.239. The zero-order chi connectivity index (χ0) is 8.81. The molecule has 0 bridgehead atoms. The first kappa shape index (κ1) is 9.32. The van der Waals surface area contributed by atoms with Crippen molar-refractivity contribution in [3.05, 3.63) is 12.7 Å². The first-order valence-corrected chi connectivity index (χ1v) is 4.89. The van der Waals surface area contributed by atoms with Crippen molar-refractivity contribution in [2.24, 2.45) is 11.8 Å². The lowest BCUT2D eigenvalue weighted by molar-refractivity contribution is 0.292. The van der Waals surface area contributed by atoms with Gasteiger partial charge in [-0.25, -0.2) is 0 Å². The maximum absolute atomic E-state index is 8.91. The average molecular weight is 163 g/mol. The van der Waals surface area contributed by atoms with Crippen molar-refractivity contribution in [3.63, 3.8) is 0 Å². The van der Waals surface area contributed by atoms with Crippen LogP contribution in [0, 0.1) is 23.2 Å². The van der Waals surface area contributed by atoms with Crippen molar-refractivity contribution in [2.75, 3.05) is 0 Å². The summed E-state index contributed by atoms with van der Waals surface area (Å²) in [5.41, 5.74) is 0. The number of nitriles is 1. The molecule has 66 valence electrons. The van der Waals surface area contributed by atoms with E-state index in [1.54, 1.807) is 0 Å². The molecule has 0 aromatic rings. The molecule has 0 radical (unpaired) electrons. The zero-order valence-electron chi connectivity index (χ0n) is 7.63. The molecule has 1 unspecified atom stereocenters. The van der Waals surface area contributed by atoms with Gasteiger partial charge in [0, 0.05) is 0 Å². The molecule has 0 saturated heterocycles. The Balaban J connectivity index is 2.41. The van der Waals surface area contributed by atoms with Gasteiger partial charge < -0.3 is 0 Å². The summed E-state index contributed by atoms with van der Waals surface area (Å²) >= 11 is 0. The average Bonchev–Trinajstić information content (AvgIpc) is 2.15. The predicted octanol–water partition coefficient (Wildman–Crippen LogP) is 3.28. The van der Waals surface area contributed by atoms with Gasteiger partial charge in [-0.1, -0.05) is 25.3 Å². The van der Waals surface area contributed by atoms with Crippen LogP contribution in [0.25, 0.3) is 0 Å². The molecule has 1 atom stereocenters. The largest absolute Gasteiger partial charge is 0.198 e. The highest BCUT2D eigenvalue weighted by Crippen LogP contribution is 2.31. The van der Waals surface area contributed by atoms with Gasteiger partial charge in [0.15, 0.2) is 0 Å². The Morgan fingerprint density at radius 2 is 2.08 bits per heavy atom. The lowest BCUT2D eigenvalue weighted by atomic mass is 9.79. The van der Waals surface area contributed by atoms with Crippen LogP contribution in [0.1, 0.15) is 38.5 Å². The molecule has 0 aromatic carbocycles. The van der Waals surface area contributed by atoms with Gasteiger partial charge >= 0.3 is 0 Å². The third-order valence-corrected chi connectivity index (χ3v) is 2.81. The van der Waals surface area contributed by atoms with Crippen molar-refractivity contribution in [1.82, 2.24) is 0 Å². The van der Waals surface area contributed by atoms with Gasteiger partial charge in [0.1, 0.15) is 0 Å². The van der Waals surface area contributed by atoms with Crippen LogP contribution >= 0.6 is 0 Å². The van der Waals surface area contributed by atoms with Crippen molar-refractivity contribution >= 4 is 0 Å². The second kappa shape index (κ2) is 4.98. The molecule has 1 rings (SSSR count). The minimum absolute atomic E-state index is 0.239. The van der Waals surface area contributed by atoms with Gasteiger partial charge in [0.05, 0.1) is 12.0 Å². The summed E-state index contributed by atoms with van der Waals surface area (Å²) in [5.74, 6) is 0.893. The van der Waals surface area contributed by atoms with E-state index in [9.17, 15) is 0 Å². The van der Waals surface area contributed by atoms with E-state index >= 15 is 0 Å². The summed E-state index contributed by atoms with van der Waals surface area (Å²) in [6.07, 6.45) is 9.27. The third kappa shape index (κ3) is 2.37. The van der Waals surface area contributed by atoms with Crippen molar-refractivity contribution < 1.29 is 0 Å². The Hall–Kier alpha value is -0.770. The van der Waals surface area contributed by atoms with Gasteiger partial charge in [0.2, 0.25) is 0 Å². The zero-order valence-corrected chi connectivity index (χ0v) is 7.63. The highest BCUT2D eigenvalue weighted by Gasteiger charge is 2.21. The standard InChI is InChI=1S/C11H17N/c1-2-6-11(9-12)10-7-4-3-5-8-10/h2,10-11H,1,3-8H2. The molecular weight excluding hydrogens is 146 g/mol. The van der Waals surface area contributed by atoms with Crippen LogP contribution in [0.4, 0.5) is 0 Å². The van der Waals surface area contributed by atoms with Gasteiger partial charge in [0.25, 0.3) is 0 Å². The van der Waals surface area contributed by atoms with E-state index in [0.29, 0.717) is 5.92 Å². The summed E-state index contributed by atoms with van der Waals surface area (Å²) in [7, 11) is 0. The molecule has 1 saturated carbocycles. The number of hydrogen-bond donors (Lipinski definition) is 0. The minimum Gasteiger partial charge on any atom is -0.198 e. The second-order valence-electron chi connectivity index (χ2n) is 3.66. The molecule has 0 aliphatic heterocycles. The predicted molar refractivity (Wildman–Crippen MR) is 50.5 cm³/mol. The highest BCUT2D eigenvalue weighted by atomic mass is 14.3. The Bertz CT molecular complexity index is 172. The van der Waals surface area contributed by atoms with E-state index in [2.05, 4.69) is 12.6 Å². The molecule has 1 nitrogen and oxygen atoms in total. The van der Waals surface area contributed by atoms with Crippen LogP contribution in [-0.4, -0.2) is 0 Å². The fraction of sp³-hybridized carbons (Fsp3) is 0.727. The van der Waals surface area contributed by atoms with Crippen LogP contribution in [0.15, 0.2) is 12.7 Å². The van der Waals surface area contributed by atoms with E-state index in [4.69, 9.17) is 5.26 Å². The smallest absolute Gasteiger partial charge is 0.0661 e. The van der Waals surface area contributed by atoms with Gasteiger partial charge in [-0.15, -0.1) is 6.58 Å². The molecule has 0 heterocycles. The summed E-state index contributed by atoms with van der Waals surface area (Å²) in [5, 5.41) is 8.91. The lowest BCUT2D eigenvalue weighted by Gasteiger charge is -2.24. The SMILES string of the molecule is C=CCC(C#N)C1CCCCC1. The maximum Gasteiger partial charge on any atom is 0.0661 e. The molecular formula is C11H17N. The quantitative estimate of drug-likeness (QED) is 0.586. The monoisotopic (exact) mass is 163 g/mol. The van der Waals surface area contributed by atoms with Crippen molar-refractivity contribution in [1.29, 1.82) is 5.26 Å². The Labute approximate surface area is 75.1 Å². The summed E-state index contributed by atoms with van der Waals surface area (Å²) < 4.78 is 0. The van der Waals surface area contributed by atoms with Crippen molar-refractivity contribution in [2.45, 2.75) is 38.5 Å². The van der Waals surface area contributed by atoms with E-state index in [1.807, 2.05) is 6.08 Å². The Morgan fingerprint density at radius 1 is 1.42 bits per heavy atom. The van der Waals surface area contributed by atoms with E-state index in [1.165, 1.54) is 32.1 Å². The van der Waals surface area contributed by atoms with Gasteiger partial charge in [-0.05, 0) is 25.2 Å². The van der Waals surface area contributed by atoms with Gasteiger partial charge in [-0.3, -0.25) is 0 Å². The first-order chi connectivity index (χ1) is 5.88. The number of nitrogens with zero attached hydrogens (tertiary/aromatic N) is 1. The van der Waals surface area contributed by atoms with Crippen LogP contribution in [-0.2, 0) is 0 Å². The summed E-state index contributed by atoms with van der Waals surface area (Å²) in [4.78, 5) is 0. The van der Waals surface area contributed by atoms with E-state index in [-0.39, 0.29) is 5.92 Å². The number of allylic oxidation sites excluding steroid dienone is 1. The molecule has 0 N–H and O–H groups in total. The Morgan fingerprint density at radius 3 is 2.58 bits per heavy atom. The summed E-state index contributed by atoms with van der Waals surface area (Å²) in [6, 6.07) is 2.40. The molecule has 12 heavy (non-hydrogen) atoms. The summed E-state index contributed by atoms with van der Waals surface area (Å²) in [6.45, 7) is 3.69.